The molecular weight excluding hydrogens is 210 g/mol. The highest BCUT2D eigenvalue weighted by Crippen LogP contribution is 1.99. The van der Waals surface area contributed by atoms with Crippen molar-refractivity contribution in [3.8, 4) is 0 Å². The van der Waals surface area contributed by atoms with E-state index >= 15 is 0 Å². The van der Waals surface area contributed by atoms with E-state index in [0.29, 0.717) is 6.61 Å². The number of carbonyl (C=O) groups is 1. The van der Waals surface area contributed by atoms with Crippen molar-refractivity contribution in [1.82, 2.24) is 20.5 Å². The van der Waals surface area contributed by atoms with Gasteiger partial charge in [-0.25, -0.2) is 0 Å². The summed E-state index contributed by atoms with van der Waals surface area (Å²) in [5.41, 5.74) is 5.31. The molecule has 1 aromatic heterocycles. The normalized spacial score (nSPS) is 12.4. The highest BCUT2D eigenvalue weighted by molar-refractivity contribution is 5.90. The minimum atomic E-state index is -0.320. The second kappa shape index (κ2) is 6.06. The van der Waals surface area contributed by atoms with Gasteiger partial charge in [0, 0.05) is 7.11 Å². The fraction of sp³-hybridized carbons (Fsp3) is 0.667. The molecule has 1 aromatic rings. The number of nitrogen functional groups attached to an aromatic ring is 1. The Hall–Kier alpha value is -1.63. The van der Waals surface area contributed by atoms with Crippen molar-refractivity contribution in [1.29, 1.82) is 0 Å². The summed E-state index contributed by atoms with van der Waals surface area (Å²) in [5, 5.41) is 8.84. The SMILES string of the molecule is CCCC(COC)NC(=O)c1nc(N)n[nH]1. The predicted molar refractivity (Wildman–Crippen MR) is 58.8 cm³/mol. The van der Waals surface area contributed by atoms with Crippen LogP contribution in [0.4, 0.5) is 5.95 Å². The minimum Gasteiger partial charge on any atom is -0.383 e. The third kappa shape index (κ3) is 3.50. The predicted octanol–water partition coefficient (Wildman–Crippen LogP) is -0.0682. The number of nitrogens with one attached hydrogen (secondary N) is 2. The van der Waals surface area contributed by atoms with Crippen molar-refractivity contribution in [2.45, 2.75) is 25.8 Å². The number of rotatable bonds is 6. The maximum Gasteiger partial charge on any atom is 0.288 e. The van der Waals surface area contributed by atoms with Gasteiger partial charge >= 0.3 is 0 Å². The number of amides is 1. The number of aromatic amines is 1. The molecule has 0 aliphatic carbocycles. The van der Waals surface area contributed by atoms with E-state index in [-0.39, 0.29) is 23.7 Å². The number of hydrogen-bond donors (Lipinski definition) is 3. The Balaban J connectivity index is 2.54. The molecule has 0 radical (unpaired) electrons. The van der Waals surface area contributed by atoms with Gasteiger partial charge in [-0.2, -0.15) is 4.98 Å². The van der Waals surface area contributed by atoms with Crippen LogP contribution >= 0.6 is 0 Å². The summed E-state index contributed by atoms with van der Waals surface area (Å²) >= 11 is 0. The maximum atomic E-state index is 11.7. The van der Waals surface area contributed by atoms with Crippen molar-refractivity contribution < 1.29 is 9.53 Å². The van der Waals surface area contributed by atoms with Gasteiger partial charge in [0.2, 0.25) is 11.8 Å². The molecule has 0 fully saturated rings. The summed E-state index contributed by atoms with van der Waals surface area (Å²) in [7, 11) is 1.60. The molecule has 0 aliphatic rings. The van der Waals surface area contributed by atoms with Crippen molar-refractivity contribution in [3.63, 3.8) is 0 Å². The Morgan fingerprint density at radius 1 is 1.69 bits per heavy atom. The van der Waals surface area contributed by atoms with Crippen LogP contribution in [0.5, 0.6) is 0 Å². The fourth-order valence-electron chi connectivity index (χ4n) is 1.38. The van der Waals surface area contributed by atoms with E-state index in [4.69, 9.17) is 10.5 Å². The lowest BCUT2D eigenvalue weighted by Gasteiger charge is -2.15. The molecule has 7 nitrogen and oxygen atoms in total. The molecule has 1 heterocycles. The molecule has 0 aliphatic heterocycles. The van der Waals surface area contributed by atoms with Gasteiger partial charge in [-0.05, 0) is 6.42 Å². The summed E-state index contributed by atoms with van der Waals surface area (Å²) < 4.78 is 5.01. The van der Waals surface area contributed by atoms with Crippen molar-refractivity contribution in [3.05, 3.63) is 5.82 Å². The highest BCUT2D eigenvalue weighted by atomic mass is 16.5. The smallest absolute Gasteiger partial charge is 0.288 e. The Kier molecular flexibility index (Phi) is 4.71. The number of aromatic nitrogens is 3. The molecule has 0 saturated carbocycles. The molecule has 90 valence electrons. The van der Waals surface area contributed by atoms with Crippen LogP contribution in [0.2, 0.25) is 0 Å². The first-order chi connectivity index (χ1) is 7.67. The molecule has 0 saturated heterocycles. The van der Waals surface area contributed by atoms with E-state index in [1.54, 1.807) is 7.11 Å². The number of anilines is 1. The Morgan fingerprint density at radius 3 is 2.94 bits per heavy atom. The third-order valence-electron chi connectivity index (χ3n) is 2.06. The first-order valence-corrected chi connectivity index (χ1v) is 5.15. The molecule has 1 rings (SSSR count). The second-order valence-electron chi connectivity index (χ2n) is 3.46. The monoisotopic (exact) mass is 227 g/mol. The molecule has 0 bridgehead atoms. The maximum absolute atomic E-state index is 11.7. The summed E-state index contributed by atoms with van der Waals surface area (Å²) in [6, 6.07) is -0.0196. The zero-order valence-corrected chi connectivity index (χ0v) is 9.49. The van der Waals surface area contributed by atoms with E-state index in [0.717, 1.165) is 12.8 Å². The zero-order chi connectivity index (χ0) is 12.0. The van der Waals surface area contributed by atoms with Gasteiger partial charge in [0.25, 0.3) is 5.91 Å². The van der Waals surface area contributed by atoms with Crippen LogP contribution in [0, 0.1) is 0 Å². The summed E-state index contributed by atoms with van der Waals surface area (Å²) in [6.45, 7) is 2.52. The van der Waals surface area contributed by atoms with Crippen LogP contribution in [0.25, 0.3) is 0 Å². The molecule has 1 atom stereocenters. The van der Waals surface area contributed by atoms with Gasteiger partial charge in [0.15, 0.2) is 0 Å². The number of nitrogens with zero attached hydrogens (tertiary/aromatic N) is 2. The van der Waals surface area contributed by atoms with Crippen molar-refractivity contribution in [2.75, 3.05) is 19.5 Å². The largest absolute Gasteiger partial charge is 0.383 e. The molecule has 4 N–H and O–H groups in total. The van der Waals surface area contributed by atoms with Crippen molar-refractivity contribution >= 4 is 11.9 Å². The van der Waals surface area contributed by atoms with Gasteiger partial charge < -0.3 is 15.8 Å². The topological polar surface area (TPSA) is 106 Å². The number of ether oxygens (including phenoxy) is 1. The number of carbonyl (C=O) groups excluding carboxylic acids is 1. The average molecular weight is 227 g/mol. The lowest BCUT2D eigenvalue weighted by atomic mass is 10.2. The van der Waals surface area contributed by atoms with E-state index in [1.807, 2.05) is 6.92 Å². The molecule has 16 heavy (non-hydrogen) atoms. The van der Waals surface area contributed by atoms with Crippen LogP contribution < -0.4 is 11.1 Å². The molecular formula is C9H17N5O2. The quantitative estimate of drug-likeness (QED) is 0.631. The second-order valence-corrected chi connectivity index (χ2v) is 3.46. The van der Waals surface area contributed by atoms with Crippen LogP contribution in [-0.2, 0) is 4.74 Å². The van der Waals surface area contributed by atoms with Crippen molar-refractivity contribution in [2.24, 2.45) is 0 Å². The first-order valence-electron chi connectivity index (χ1n) is 5.15. The van der Waals surface area contributed by atoms with E-state index in [1.165, 1.54) is 0 Å². The third-order valence-corrected chi connectivity index (χ3v) is 2.06. The van der Waals surface area contributed by atoms with Crippen LogP contribution in [0.1, 0.15) is 30.4 Å². The number of H-pyrrole nitrogens is 1. The van der Waals surface area contributed by atoms with Gasteiger partial charge in [-0.1, -0.05) is 13.3 Å². The summed E-state index contributed by atoms with van der Waals surface area (Å²) in [4.78, 5) is 15.4. The van der Waals surface area contributed by atoms with Crippen LogP contribution in [-0.4, -0.2) is 40.8 Å². The van der Waals surface area contributed by atoms with Gasteiger partial charge in [-0.15, -0.1) is 5.10 Å². The van der Waals surface area contributed by atoms with E-state index < -0.39 is 0 Å². The Labute approximate surface area is 93.8 Å². The minimum absolute atomic E-state index is 0.0196. The Morgan fingerprint density at radius 2 is 2.44 bits per heavy atom. The fourth-order valence-corrected chi connectivity index (χ4v) is 1.38. The first kappa shape index (κ1) is 12.4. The summed E-state index contributed by atoms with van der Waals surface area (Å²) in [6.07, 6.45) is 1.82. The number of methoxy groups -OCH3 is 1. The summed E-state index contributed by atoms with van der Waals surface area (Å²) in [5.74, 6) is -0.140. The molecule has 0 spiro atoms. The Bertz CT molecular complexity index is 332. The van der Waals surface area contributed by atoms with Crippen LogP contribution in [0.15, 0.2) is 0 Å². The average Bonchev–Trinajstić information content (AvgIpc) is 2.65. The highest BCUT2D eigenvalue weighted by Gasteiger charge is 2.15. The lowest BCUT2D eigenvalue weighted by Crippen LogP contribution is -2.38. The van der Waals surface area contributed by atoms with Gasteiger partial charge in [-0.3, -0.25) is 9.89 Å². The van der Waals surface area contributed by atoms with Crippen LogP contribution in [0.3, 0.4) is 0 Å². The molecule has 0 aromatic carbocycles. The number of hydrogen-bond acceptors (Lipinski definition) is 5. The standard InChI is InChI=1S/C9H17N5O2/c1-3-4-6(5-16-2)11-8(15)7-12-9(10)14-13-7/h6H,3-5H2,1-2H3,(H,11,15)(H3,10,12,13,14). The number of nitrogens with two attached hydrogens (primary N) is 1. The van der Waals surface area contributed by atoms with E-state index in [9.17, 15) is 4.79 Å². The lowest BCUT2D eigenvalue weighted by molar-refractivity contribution is 0.0881. The van der Waals surface area contributed by atoms with Gasteiger partial charge in [0.1, 0.15) is 0 Å². The zero-order valence-electron chi connectivity index (χ0n) is 9.49. The molecule has 1 amide bonds. The molecule has 1 unspecified atom stereocenters. The van der Waals surface area contributed by atoms with Gasteiger partial charge in [0.05, 0.1) is 12.6 Å². The van der Waals surface area contributed by atoms with E-state index in [2.05, 4.69) is 20.5 Å². The molecule has 7 heteroatoms.